The maximum Gasteiger partial charge on any atom is 0.274 e. The molecule has 90 valence electrons. The summed E-state index contributed by atoms with van der Waals surface area (Å²) in [6.07, 6.45) is 0.724. The van der Waals surface area contributed by atoms with Gasteiger partial charge in [0.15, 0.2) is 11.6 Å². The summed E-state index contributed by atoms with van der Waals surface area (Å²) >= 11 is 0. The van der Waals surface area contributed by atoms with Crippen LogP contribution in [0.25, 0.3) is 11.6 Å². The molecule has 0 aliphatic heterocycles. The summed E-state index contributed by atoms with van der Waals surface area (Å²) in [5.74, 6) is 1.14. The van der Waals surface area contributed by atoms with Crippen LogP contribution in [0.5, 0.6) is 0 Å². The standard InChI is InChI=1S/C12H15N3O2/c1-5-9-14-12(17-15-9)11-6(2)10(8(4)16)7(3)13-11/h13H,5H2,1-4H3. The Hall–Kier alpha value is -1.91. The van der Waals surface area contributed by atoms with Crippen LogP contribution in [0.2, 0.25) is 0 Å². The molecule has 0 amide bonds. The van der Waals surface area contributed by atoms with Crippen LogP contribution in [0.4, 0.5) is 0 Å². The number of Topliss-reactive ketones (excluding diaryl/α,β-unsaturated/α-hetero) is 1. The van der Waals surface area contributed by atoms with Crippen LogP contribution >= 0.6 is 0 Å². The van der Waals surface area contributed by atoms with Gasteiger partial charge >= 0.3 is 0 Å². The molecule has 0 fully saturated rings. The zero-order chi connectivity index (χ0) is 12.6. The SMILES string of the molecule is CCc1noc(-c2[nH]c(C)c(C(C)=O)c2C)n1. The number of hydrogen-bond donors (Lipinski definition) is 1. The van der Waals surface area contributed by atoms with E-state index >= 15 is 0 Å². The second-order valence-electron chi connectivity index (χ2n) is 4.05. The van der Waals surface area contributed by atoms with Crippen LogP contribution in [0.15, 0.2) is 4.52 Å². The monoisotopic (exact) mass is 233 g/mol. The highest BCUT2D eigenvalue weighted by Gasteiger charge is 2.19. The van der Waals surface area contributed by atoms with Crippen molar-refractivity contribution in [3.8, 4) is 11.6 Å². The van der Waals surface area contributed by atoms with Gasteiger partial charge in [-0.1, -0.05) is 12.1 Å². The van der Waals surface area contributed by atoms with E-state index in [9.17, 15) is 4.79 Å². The Bertz CT molecular complexity index is 566. The van der Waals surface area contributed by atoms with Gasteiger partial charge in [0.1, 0.15) is 5.69 Å². The Morgan fingerprint density at radius 3 is 2.59 bits per heavy atom. The van der Waals surface area contributed by atoms with Crippen molar-refractivity contribution in [1.82, 2.24) is 15.1 Å². The van der Waals surface area contributed by atoms with Gasteiger partial charge in [-0.2, -0.15) is 4.98 Å². The molecule has 0 saturated carbocycles. The number of rotatable bonds is 3. The zero-order valence-electron chi connectivity index (χ0n) is 10.4. The van der Waals surface area contributed by atoms with Gasteiger partial charge in [0.2, 0.25) is 0 Å². The largest absolute Gasteiger partial charge is 0.354 e. The third-order valence-corrected chi connectivity index (χ3v) is 2.79. The molecule has 2 heterocycles. The van der Waals surface area contributed by atoms with Gasteiger partial charge in [0.25, 0.3) is 5.89 Å². The van der Waals surface area contributed by atoms with E-state index in [0.29, 0.717) is 17.3 Å². The Morgan fingerprint density at radius 2 is 2.12 bits per heavy atom. The Balaban J connectivity index is 2.53. The number of nitrogens with one attached hydrogen (secondary N) is 1. The molecule has 0 radical (unpaired) electrons. The molecule has 0 unspecified atom stereocenters. The van der Waals surface area contributed by atoms with Gasteiger partial charge in [0, 0.05) is 17.7 Å². The lowest BCUT2D eigenvalue weighted by molar-refractivity contribution is 0.101. The molecule has 0 spiro atoms. The van der Waals surface area contributed by atoms with Crippen LogP contribution in [-0.4, -0.2) is 20.9 Å². The van der Waals surface area contributed by atoms with Crippen molar-refractivity contribution in [2.24, 2.45) is 0 Å². The smallest absolute Gasteiger partial charge is 0.274 e. The van der Waals surface area contributed by atoms with E-state index in [1.54, 1.807) is 6.92 Å². The van der Waals surface area contributed by atoms with E-state index in [-0.39, 0.29) is 5.78 Å². The molecule has 0 aliphatic carbocycles. The van der Waals surface area contributed by atoms with Crippen LogP contribution in [0.1, 0.15) is 41.3 Å². The molecular formula is C12H15N3O2. The molecule has 2 aromatic heterocycles. The topological polar surface area (TPSA) is 71.8 Å². The highest BCUT2D eigenvalue weighted by atomic mass is 16.5. The average Bonchev–Trinajstić information content (AvgIpc) is 2.82. The Kier molecular flexibility index (Phi) is 2.83. The number of carbonyl (C=O) groups is 1. The zero-order valence-corrected chi connectivity index (χ0v) is 10.4. The number of ketones is 1. The van der Waals surface area contributed by atoms with Crippen molar-refractivity contribution in [2.75, 3.05) is 0 Å². The van der Waals surface area contributed by atoms with E-state index in [0.717, 1.165) is 23.4 Å². The normalized spacial score (nSPS) is 10.8. The van der Waals surface area contributed by atoms with Gasteiger partial charge in [-0.05, 0) is 26.3 Å². The molecule has 0 saturated heterocycles. The first-order valence-electron chi connectivity index (χ1n) is 5.57. The molecule has 5 nitrogen and oxygen atoms in total. The lowest BCUT2D eigenvalue weighted by atomic mass is 10.1. The van der Waals surface area contributed by atoms with E-state index in [1.807, 2.05) is 20.8 Å². The minimum Gasteiger partial charge on any atom is -0.354 e. The fourth-order valence-electron chi connectivity index (χ4n) is 1.99. The fourth-order valence-corrected chi connectivity index (χ4v) is 1.99. The van der Waals surface area contributed by atoms with Crippen molar-refractivity contribution in [1.29, 1.82) is 0 Å². The van der Waals surface area contributed by atoms with Gasteiger partial charge in [0.05, 0.1) is 0 Å². The van der Waals surface area contributed by atoms with Crippen LogP contribution in [0, 0.1) is 13.8 Å². The Morgan fingerprint density at radius 1 is 1.41 bits per heavy atom. The first-order valence-corrected chi connectivity index (χ1v) is 5.57. The van der Waals surface area contributed by atoms with E-state index in [2.05, 4.69) is 15.1 Å². The van der Waals surface area contributed by atoms with E-state index < -0.39 is 0 Å². The molecule has 0 aliphatic rings. The minimum atomic E-state index is 0.0396. The molecule has 2 aromatic rings. The maximum absolute atomic E-state index is 11.5. The van der Waals surface area contributed by atoms with Gasteiger partial charge < -0.3 is 9.51 Å². The summed E-state index contributed by atoms with van der Waals surface area (Å²) in [6, 6.07) is 0. The predicted octanol–water partition coefficient (Wildman–Crippen LogP) is 2.45. The summed E-state index contributed by atoms with van der Waals surface area (Å²) in [4.78, 5) is 18.9. The third-order valence-electron chi connectivity index (χ3n) is 2.79. The average molecular weight is 233 g/mol. The lowest BCUT2D eigenvalue weighted by Gasteiger charge is -1.94. The number of aryl methyl sites for hydroxylation is 2. The summed E-state index contributed by atoms with van der Waals surface area (Å²) in [5.41, 5.74) is 3.14. The van der Waals surface area contributed by atoms with Gasteiger partial charge in [-0.25, -0.2) is 0 Å². The molecule has 2 rings (SSSR count). The summed E-state index contributed by atoms with van der Waals surface area (Å²) in [5, 5.41) is 3.84. The Labute approximate surface area is 99.2 Å². The first kappa shape index (κ1) is 11.6. The molecule has 17 heavy (non-hydrogen) atoms. The van der Waals surface area contributed by atoms with Crippen molar-refractivity contribution >= 4 is 5.78 Å². The van der Waals surface area contributed by atoms with E-state index in [1.165, 1.54) is 0 Å². The number of hydrogen-bond acceptors (Lipinski definition) is 4. The van der Waals surface area contributed by atoms with Crippen LogP contribution in [0.3, 0.4) is 0 Å². The number of carbonyl (C=O) groups excluding carboxylic acids is 1. The fraction of sp³-hybridized carbons (Fsp3) is 0.417. The second-order valence-corrected chi connectivity index (χ2v) is 4.05. The lowest BCUT2D eigenvalue weighted by Crippen LogP contribution is -1.94. The summed E-state index contributed by atoms with van der Waals surface area (Å²) < 4.78 is 5.17. The van der Waals surface area contributed by atoms with Crippen molar-refractivity contribution in [3.05, 3.63) is 22.6 Å². The van der Waals surface area contributed by atoms with Gasteiger partial charge in [-0.3, -0.25) is 4.79 Å². The third kappa shape index (κ3) is 1.88. The first-order chi connectivity index (χ1) is 8.04. The molecule has 1 N–H and O–H groups in total. The molecule has 0 aromatic carbocycles. The van der Waals surface area contributed by atoms with Crippen molar-refractivity contribution < 1.29 is 9.32 Å². The number of aromatic nitrogens is 3. The van der Waals surface area contributed by atoms with E-state index in [4.69, 9.17) is 4.52 Å². The quantitative estimate of drug-likeness (QED) is 0.826. The number of H-pyrrole nitrogens is 1. The molecular weight excluding hydrogens is 218 g/mol. The van der Waals surface area contributed by atoms with Crippen molar-refractivity contribution in [2.45, 2.75) is 34.1 Å². The van der Waals surface area contributed by atoms with Crippen LogP contribution in [-0.2, 0) is 6.42 Å². The minimum absolute atomic E-state index is 0.0396. The highest BCUT2D eigenvalue weighted by molar-refractivity contribution is 5.98. The molecule has 5 heteroatoms. The molecule has 0 atom stereocenters. The summed E-state index contributed by atoms with van der Waals surface area (Å²) in [7, 11) is 0. The van der Waals surface area contributed by atoms with Crippen LogP contribution < -0.4 is 0 Å². The highest BCUT2D eigenvalue weighted by Crippen LogP contribution is 2.26. The number of nitrogens with zero attached hydrogens (tertiary/aromatic N) is 2. The van der Waals surface area contributed by atoms with Gasteiger partial charge in [-0.15, -0.1) is 0 Å². The second kappa shape index (κ2) is 4.16. The maximum atomic E-state index is 11.5. The summed E-state index contributed by atoms with van der Waals surface area (Å²) in [6.45, 7) is 7.26. The predicted molar refractivity (Wildman–Crippen MR) is 62.9 cm³/mol. The molecule has 0 bridgehead atoms. The van der Waals surface area contributed by atoms with Crippen molar-refractivity contribution in [3.63, 3.8) is 0 Å². The number of aromatic amines is 1.